The van der Waals surface area contributed by atoms with Crippen molar-refractivity contribution in [1.29, 1.82) is 0 Å². The first-order valence-corrected chi connectivity index (χ1v) is 6.64. The fourth-order valence-electron chi connectivity index (χ4n) is 2.64. The van der Waals surface area contributed by atoms with E-state index >= 15 is 0 Å². The highest BCUT2D eigenvalue weighted by atomic mass is 16.5. The van der Waals surface area contributed by atoms with Crippen LogP contribution in [0.4, 0.5) is 0 Å². The van der Waals surface area contributed by atoms with E-state index in [0.717, 1.165) is 26.2 Å². The summed E-state index contributed by atoms with van der Waals surface area (Å²) in [7, 11) is 1.76. The van der Waals surface area contributed by atoms with Crippen LogP contribution in [-0.4, -0.2) is 43.8 Å². The molecule has 0 radical (unpaired) electrons. The Labute approximate surface area is 101 Å². The van der Waals surface area contributed by atoms with E-state index in [-0.39, 0.29) is 5.54 Å². The smallest absolute Gasteiger partial charge is 0.0589 e. The van der Waals surface area contributed by atoms with E-state index in [1.54, 1.807) is 7.11 Å². The molecule has 0 bridgehead atoms. The first-order chi connectivity index (χ1) is 7.70. The molecule has 0 saturated heterocycles. The van der Waals surface area contributed by atoms with E-state index in [4.69, 9.17) is 10.5 Å². The summed E-state index contributed by atoms with van der Waals surface area (Å²) in [5.41, 5.74) is 6.24. The van der Waals surface area contributed by atoms with Gasteiger partial charge in [-0.05, 0) is 19.4 Å². The summed E-state index contributed by atoms with van der Waals surface area (Å²) in [4.78, 5) is 2.50. The average molecular weight is 230 g/mol. The highest BCUT2D eigenvalue weighted by molar-refractivity contribution is 4.90. The summed E-state index contributed by atoms with van der Waals surface area (Å²) >= 11 is 0. The molecule has 0 aliphatic heterocycles. The largest absolute Gasteiger partial charge is 0.383 e. The van der Waals surface area contributed by atoms with Crippen molar-refractivity contribution in [1.82, 2.24) is 4.90 Å². The molecule has 0 amide bonds. The quantitative estimate of drug-likeness (QED) is 0.625. The van der Waals surface area contributed by atoms with Crippen LogP contribution < -0.4 is 5.73 Å². The van der Waals surface area contributed by atoms with Crippen LogP contribution in [0.15, 0.2) is 0 Å². The second-order valence-electron chi connectivity index (χ2n) is 4.50. The molecule has 0 aliphatic carbocycles. The van der Waals surface area contributed by atoms with Gasteiger partial charge in [-0.3, -0.25) is 4.90 Å². The van der Waals surface area contributed by atoms with Crippen molar-refractivity contribution < 1.29 is 4.74 Å². The number of hydrogen-bond donors (Lipinski definition) is 1. The first kappa shape index (κ1) is 15.9. The average Bonchev–Trinajstić information content (AvgIpc) is 2.30. The lowest BCUT2D eigenvalue weighted by molar-refractivity contribution is 0.0505. The summed E-state index contributed by atoms with van der Waals surface area (Å²) in [6.45, 7) is 10.3. The van der Waals surface area contributed by atoms with Crippen molar-refractivity contribution in [2.75, 3.05) is 33.4 Å². The highest BCUT2D eigenvalue weighted by Gasteiger charge is 2.32. The highest BCUT2D eigenvalue weighted by Crippen LogP contribution is 2.26. The van der Waals surface area contributed by atoms with Gasteiger partial charge in [-0.15, -0.1) is 0 Å². The van der Waals surface area contributed by atoms with Crippen LogP contribution in [0.5, 0.6) is 0 Å². The van der Waals surface area contributed by atoms with E-state index in [2.05, 4.69) is 25.7 Å². The standard InChI is InChI=1S/C13H30N2O/c1-5-8-13(12-14,9-6-2)15(7-3)10-11-16-4/h5-12,14H2,1-4H3. The van der Waals surface area contributed by atoms with Gasteiger partial charge in [-0.2, -0.15) is 0 Å². The van der Waals surface area contributed by atoms with Gasteiger partial charge in [0.25, 0.3) is 0 Å². The number of rotatable bonds is 10. The first-order valence-electron chi connectivity index (χ1n) is 6.64. The molecule has 3 nitrogen and oxygen atoms in total. The lowest BCUT2D eigenvalue weighted by Gasteiger charge is -2.43. The lowest BCUT2D eigenvalue weighted by atomic mass is 9.86. The number of methoxy groups -OCH3 is 1. The second kappa shape index (κ2) is 8.97. The normalized spacial score (nSPS) is 12.4. The summed E-state index contributed by atoms with van der Waals surface area (Å²) in [5, 5.41) is 0. The van der Waals surface area contributed by atoms with Crippen molar-refractivity contribution >= 4 is 0 Å². The van der Waals surface area contributed by atoms with Gasteiger partial charge in [0.1, 0.15) is 0 Å². The molecular formula is C13H30N2O. The third-order valence-corrected chi connectivity index (χ3v) is 3.43. The minimum Gasteiger partial charge on any atom is -0.383 e. The Hall–Kier alpha value is -0.120. The fraction of sp³-hybridized carbons (Fsp3) is 1.00. The van der Waals surface area contributed by atoms with Gasteiger partial charge in [0.15, 0.2) is 0 Å². The minimum absolute atomic E-state index is 0.191. The topological polar surface area (TPSA) is 38.5 Å². The maximum atomic E-state index is 6.05. The Morgan fingerprint density at radius 1 is 1.12 bits per heavy atom. The molecule has 0 saturated carbocycles. The Morgan fingerprint density at radius 3 is 2.00 bits per heavy atom. The van der Waals surface area contributed by atoms with E-state index in [0.29, 0.717) is 0 Å². The molecule has 98 valence electrons. The Kier molecular flexibility index (Phi) is 8.90. The van der Waals surface area contributed by atoms with Gasteiger partial charge in [0.2, 0.25) is 0 Å². The van der Waals surface area contributed by atoms with Crippen LogP contribution in [0.2, 0.25) is 0 Å². The molecule has 0 spiro atoms. The Balaban J connectivity index is 4.63. The molecule has 2 N–H and O–H groups in total. The SMILES string of the molecule is CCCC(CN)(CCC)N(CC)CCOC. The predicted molar refractivity (Wildman–Crippen MR) is 70.7 cm³/mol. The summed E-state index contributed by atoms with van der Waals surface area (Å²) < 4.78 is 5.19. The number of ether oxygens (including phenoxy) is 1. The van der Waals surface area contributed by atoms with E-state index < -0.39 is 0 Å². The Bertz CT molecular complexity index is 156. The minimum atomic E-state index is 0.191. The predicted octanol–water partition coefficient (Wildman–Crippen LogP) is 2.25. The molecule has 0 aliphatic rings. The molecule has 0 atom stereocenters. The van der Waals surface area contributed by atoms with Gasteiger partial charge >= 0.3 is 0 Å². The molecule has 0 aromatic rings. The van der Waals surface area contributed by atoms with Crippen LogP contribution >= 0.6 is 0 Å². The zero-order valence-electron chi connectivity index (χ0n) is 11.6. The van der Waals surface area contributed by atoms with Gasteiger partial charge in [0.05, 0.1) is 6.61 Å². The van der Waals surface area contributed by atoms with Crippen molar-refractivity contribution in [3.63, 3.8) is 0 Å². The molecule has 0 aromatic carbocycles. The molecule has 16 heavy (non-hydrogen) atoms. The zero-order chi connectivity index (χ0) is 12.4. The monoisotopic (exact) mass is 230 g/mol. The van der Waals surface area contributed by atoms with Crippen LogP contribution in [0.25, 0.3) is 0 Å². The van der Waals surface area contributed by atoms with Crippen molar-refractivity contribution in [2.45, 2.75) is 52.0 Å². The van der Waals surface area contributed by atoms with Crippen LogP contribution in [0, 0.1) is 0 Å². The summed E-state index contributed by atoms with van der Waals surface area (Å²) in [6, 6.07) is 0. The number of nitrogens with two attached hydrogens (primary N) is 1. The van der Waals surface area contributed by atoms with Gasteiger partial charge in [-0.25, -0.2) is 0 Å². The van der Waals surface area contributed by atoms with Crippen LogP contribution in [0.3, 0.4) is 0 Å². The van der Waals surface area contributed by atoms with Crippen molar-refractivity contribution in [3.05, 3.63) is 0 Å². The van der Waals surface area contributed by atoms with Gasteiger partial charge < -0.3 is 10.5 Å². The van der Waals surface area contributed by atoms with Crippen LogP contribution in [-0.2, 0) is 4.74 Å². The van der Waals surface area contributed by atoms with E-state index in [1.807, 2.05) is 0 Å². The third kappa shape index (κ3) is 4.40. The molecule has 0 rings (SSSR count). The van der Waals surface area contributed by atoms with Crippen molar-refractivity contribution in [3.8, 4) is 0 Å². The van der Waals surface area contributed by atoms with Gasteiger partial charge in [0, 0.05) is 25.7 Å². The zero-order valence-corrected chi connectivity index (χ0v) is 11.6. The third-order valence-electron chi connectivity index (χ3n) is 3.43. The molecule has 0 unspecified atom stereocenters. The second-order valence-corrected chi connectivity index (χ2v) is 4.50. The Morgan fingerprint density at radius 2 is 1.69 bits per heavy atom. The molecule has 0 heterocycles. The van der Waals surface area contributed by atoms with E-state index in [9.17, 15) is 0 Å². The number of hydrogen-bond acceptors (Lipinski definition) is 3. The maximum absolute atomic E-state index is 6.05. The number of nitrogens with zero attached hydrogens (tertiary/aromatic N) is 1. The van der Waals surface area contributed by atoms with Gasteiger partial charge in [-0.1, -0.05) is 33.6 Å². The molecule has 3 heteroatoms. The van der Waals surface area contributed by atoms with Crippen LogP contribution in [0.1, 0.15) is 46.5 Å². The van der Waals surface area contributed by atoms with E-state index in [1.165, 1.54) is 25.7 Å². The maximum Gasteiger partial charge on any atom is 0.0589 e. The summed E-state index contributed by atoms with van der Waals surface area (Å²) in [6.07, 6.45) is 4.77. The molecule has 0 fully saturated rings. The lowest BCUT2D eigenvalue weighted by Crippen LogP contribution is -2.54. The summed E-state index contributed by atoms with van der Waals surface area (Å²) in [5.74, 6) is 0. The number of likely N-dealkylation sites (N-methyl/N-ethyl adjacent to an activating group) is 1. The van der Waals surface area contributed by atoms with Crippen molar-refractivity contribution in [2.24, 2.45) is 5.73 Å². The molecule has 0 aromatic heterocycles. The molecular weight excluding hydrogens is 200 g/mol. The fourth-order valence-corrected chi connectivity index (χ4v) is 2.64.